The Bertz CT molecular complexity index is 454. The van der Waals surface area contributed by atoms with Crippen LogP contribution in [0.2, 0.25) is 0 Å². The predicted octanol–water partition coefficient (Wildman–Crippen LogP) is 2.37. The molecule has 0 saturated carbocycles. The molecule has 138 valence electrons. The van der Waals surface area contributed by atoms with Gasteiger partial charge in [-0.15, -0.1) is 24.0 Å². The first kappa shape index (κ1) is 23.1. The Kier molecular flexibility index (Phi) is 13.0. The summed E-state index contributed by atoms with van der Waals surface area (Å²) in [6.07, 6.45) is 0.990. The quantitative estimate of drug-likeness (QED) is 0.346. The van der Waals surface area contributed by atoms with E-state index in [1.807, 2.05) is 0 Å². The monoisotopic (exact) mass is 448 g/mol. The average molecular weight is 448 g/mol. The van der Waals surface area contributed by atoms with E-state index < -0.39 is 0 Å². The molecule has 0 aliphatic heterocycles. The molecule has 1 rings (SSSR count). The summed E-state index contributed by atoms with van der Waals surface area (Å²) in [6.45, 7) is 6.41. The second kappa shape index (κ2) is 13.4. The average Bonchev–Trinajstić information content (AvgIpc) is 2.52. The van der Waals surface area contributed by atoms with E-state index in [0.29, 0.717) is 12.6 Å². The van der Waals surface area contributed by atoms with Crippen LogP contribution in [0.15, 0.2) is 35.3 Å². The Hall–Kier alpha value is -0.860. The van der Waals surface area contributed by atoms with E-state index in [2.05, 4.69) is 73.8 Å². The number of likely N-dealkylation sites (N-methyl/N-ethyl adjacent to an activating group) is 1. The Labute approximate surface area is 164 Å². The topological polar surface area (TPSA) is 48.9 Å². The van der Waals surface area contributed by atoms with Gasteiger partial charge in [0, 0.05) is 25.7 Å². The molecule has 2 N–H and O–H groups in total. The zero-order valence-electron chi connectivity index (χ0n) is 15.6. The predicted molar refractivity (Wildman–Crippen MR) is 113 cm³/mol. The van der Waals surface area contributed by atoms with Crippen molar-refractivity contribution in [2.45, 2.75) is 32.4 Å². The lowest BCUT2D eigenvalue weighted by molar-refractivity contribution is 0.179. The molecule has 24 heavy (non-hydrogen) atoms. The van der Waals surface area contributed by atoms with Crippen molar-refractivity contribution in [1.29, 1.82) is 0 Å². The maximum atomic E-state index is 5.17. The van der Waals surface area contributed by atoms with Gasteiger partial charge in [-0.2, -0.15) is 0 Å². The molecule has 1 aromatic rings. The standard InChI is InChI=1S/C18H32N4O.HI/c1-6-19-18(21-15(2)14-23-5)20-13-17(22(3)4)12-16-10-8-7-9-11-16;/h7-11,15,17H,6,12-14H2,1-5H3,(H2,19,20,21);1H. The van der Waals surface area contributed by atoms with Gasteiger partial charge >= 0.3 is 0 Å². The third-order valence-corrected chi connectivity index (χ3v) is 3.65. The zero-order valence-corrected chi connectivity index (χ0v) is 17.9. The smallest absolute Gasteiger partial charge is 0.191 e. The van der Waals surface area contributed by atoms with Gasteiger partial charge < -0.3 is 20.3 Å². The Balaban J connectivity index is 0.00000529. The highest BCUT2D eigenvalue weighted by Gasteiger charge is 2.13. The van der Waals surface area contributed by atoms with Crippen molar-refractivity contribution in [3.8, 4) is 0 Å². The maximum absolute atomic E-state index is 5.17. The number of halogens is 1. The highest BCUT2D eigenvalue weighted by Crippen LogP contribution is 2.07. The van der Waals surface area contributed by atoms with Crippen molar-refractivity contribution in [2.24, 2.45) is 4.99 Å². The number of nitrogens with one attached hydrogen (secondary N) is 2. The molecule has 0 aromatic heterocycles. The van der Waals surface area contributed by atoms with Crippen molar-refractivity contribution >= 4 is 29.9 Å². The van der Waals surface area contributed by atoms with Crippen molar-refractivity contribution in [3.63, 3.8) is 0 Å². The number of ether oxygens (including phenoxy) is 1. The summed E-state index contributed by atoms with van der Waals surface area (Å²) in [4.78, 5) is 6.99. The summed E-state index contributed by atoms with van der Waals surface area (Å²) in [7, 11) is 5.93. The van der Waals surface area contributed by atoms with E-state index in [0.717, 1.165) is 25.5 Å². The molecule has 0 bridgehead atoms. The van der Waals surface area contributed by atoms with E-state index in [4.69, 9.17) is 9.73 Å². The molecule has 0 aliphatic rings. The third kappa shape index (κ3) is 9.44. The van der Waals surface area contributed by atoms with Gasteiger partial charge in [-0.25, -0.2) is 0 Å². The van der Waals surface area contributed by atoms with Gasteiger partial charge in [-0.05, 0) is 39.9 Å². The van der Waals surface area contributed by atoms with Crippen LogP contribution in [0.1, 0.15) is 19.4 Å². The molecule has 1 aromatic carbocycles. The zero-order chi connectivity index (χ0) is 17.1. The van der Waals surface area contributed by atoms with Crippen LogP contribution in [-0.4, -0.2) is 63.8 Å². The van der Waals surface area contributed by atoms with Crippen LogP contribution in [0.5, 0.6) is 0 Å². The first-order chi connectivity index (χ1) is 11.1. The number of rotatable bonds is 9. The number of aliphatic imine (C=N–C) groups is 1. The van der Waals surface area contributed by atoms with Gasteiger partial charge in [-0.1, -0.05) is 30.3 Å². The highest BCUT2D eigenvalue weighted by molar-refractivity contribution is 14.0. The van der Waals surface area contributed by atoms with Crippen LogP contribution in [0.4, 0.5) is 0 Å². The van der Waals surface area contributed by atoms with E-state index in [-0.39, 0.29) is 30.0 Å². The van der Waals surface area contributed by atoms with Gasteiger partial charge in [0.15, 0.2) is 5.96 Å². The van der Waals surface area contributed by atoms with E-state index in [1.165, 1.54) is 5.56 Å². The molecule has 0 radical (unpaired) electrons. The molecule has 2 unspecified atom stereocenters. The molecule has 0 fully saturated rings. The van der Waals surface area contributed by atoms with Gasteiger partial charge in [0.05, 0.1) is 13.2 Å². The molecule has 5 nitrogen and oxygen atoms in total. The van der Waals surface area contributed by atoms with Crippen LogP contribution >= 0.6 is 24.0 Å². The third-order valence-electron chi connectivity index (χ3n) is 3.65. The number of hydrogen-bond donors (Lipinski definition) is 2. The minimum atomic E-state index is 0. The SMILES string of the molecule is CCNC(=NCC(Cc1ccccc1)N(C)C)NC(C)COC.I. The molecule has 0 spiro atoms. The molecule has 0 heterocycles. The normalized spacial score (nSPS) is 14.0. The van der Waals surface area contributed by atoms with Crippen LogP contribution in [0.25, 0.3) is 0 Å². The number of hydrogen-bond acceptors (Lipinski definition) is 3. The lowest BCUT2D eigenvalue weighted by Crippen LogP contribution is -2.45. The summed E-state index contributed by atoms with van der Waals surface area (Å²) >= 11 is 0. The molecular formula is C18H33IN4O. The van der Waals surface area contributed by atoms with Crippen LogP contribution in [-0.2, 0) is 11.2 Å². The van der Waals surface area contributed by atoms with Gasteiger partial charge in [-0.3, -0.25) is 4.99 Å². The Morgan fingerprint density at radius 2 is 1.92 bits per heavy atom. The van der Waals surface area contributed by atoms with Gasteiger partial charge in [0.1, 0.15) is 0 Å². The minimum Gasteiger partial charge on any atom is -0.383 e. The van der Waals surface area contributed by atoms with Crippen LogP contribution < -0.4 is 10.6 Å². The van der Waals surface area contributed by atoms with E-state index in [9.17, 15) is 0 Å². The fraction of sp³-hybridized carbons (Fsp3) is 0.611. The summed E-state index contributed by atoms with van der Waals surface area (Å²) in [6, 6.07) is 11.2. The number of methoxy groups -OCH3 is 1. The Morgan fingerprint density at radius 1 is 1.25 bits per heavy atom. The van der Waals surface area contributed by atoms with Gasteiger partial charge in [0.2, 0.25) is 0 Å². The first-order valence-corrected chi connectivity index (χ1v) is 8.31. The fourth-order valence-electron chi connectivity index (χ4n) is 2.34. The van der Waals surface area contributed by atoms with Gasteiger partial charge in [0.25, 0.3) is 0 Å². The molecule has 0 amide bonds. The van der Waals surface area contributed by atoms with E-state index >= 15 is 0 Å². The van der Waals surface area contributed by atoms with Crippen molar-refractivity contribution in [1.82, 2.24) is 15.5 Å². The summed E-state index contributed by atoms with van der Waals surface area (Å²) < 4.78 is 5.17. The molecule has 6 heteroatoms. The van der Waals surface area contributed by atoms with Crippen molar-refractivity contribution < 1.29 is 4.74 Å². The lowest BCUT2D eigenvalue weighted by atomic mass is 10.1. The number of benzene rings is 1. The highest BCUT2D eigenvalue weighted by atomic mass is 127. The largest absolute Gasteiger partial charge is 0.383 e. The molecule has 0 saturated heterocycles. The molecular weight excluding hydrogens is 415 g/mol. The van der Waals surface area contributed by atoms with Crippen molar-refractivity contribution in [3.05, 3.63) is 35.9 Å². The first-order valence-electron chi connectivity index (χ1n) is 8.31. The second-order valence-corrected chi connectivity index (χ2v) is 6.03. The number of nitrogens with zero attached hydrogens (tertiary/aromatic N) is 2. The van der Waals surface area contributed by atoms with Crippen LogP contribution in [0, 0.1) is 0 Å². The van der Waals surface area contributed by atoms with Crippen LogP contribution in [0.3, 0.4) is 0 Å². The van der Waals surface area contributed by atoms with E-state index in [1.54, 1.807) is 7.11 Å². The fourth-order valence-corrected chi connectivity index (χ4v) is 2.34. The Morgan fingerprint density at radius 3 is 2.46 bits per heavy atom. The second-order valence-electron chi connectivity index (χ2n) is 6.03. The maximum Gasteiger partial charge on any atom is 0.191 e. The summed E-state index contributed by atoms with van der Waals surface area (Å²) in [5.41, 5.74) is 1.34. The lowest BCUT2D eigenvalue weighted by Gasteiger charge is -2.24. The summed E-state index contributed by atoms with van der Waals surface area (Å²) in [5.74, 6) is 0.844. The van der Waals surface area contributed by atoms with Crippen molar-refractivity contribution in [2.75, 3.05) is 40.9 Å². The molecule has 0 aliphatic carbocycles. The minimum absolute atomic E-state index is 0. The number of guanidine groups is 1. The summed E-state index contributed by atoms with van der Waals surface area (Å²) in [5, 5.41) is 6.67. The molecule has 2 atom stereocenters.